The summed E-state index contributed by atoms with van der Waals surface area (Å²) in [4.78, 5) is 0. The lowest BCUT2D eigenvalue weighted by atomic mass is 10.0. The van der Waals surface area contributed by atoms with Crippen molar-refractivity contribution < 1.29 is 0 Å². The van der Waals surface area contributed by atoms with E-state index in [2.05, 4.69) is 43.5 Å². The molecular formula is C16H22N2. The molecule has 1 unspecified atom stereocenters. The third-order valence-corrected chi connectivity index (χ3v) is 3.46. The van der Waals surface area contributed by atoms with Crippen LogP contribution in [0, 0.1) is 6.92 Å². The molecule has 2 nitrogen and oxygen atoms in total. The molecule has 0 aliphatic rings. The summed E-state index contributed by atoms with van der Waals surface area (Å²) in [5, 5.41) is 0. The molecule has 1 atom stereocenters. The van der Waals surface area contributed by atoms with Gasteiger partial charge in [-0.1, -0.05) is 26.3 Å². The van der Waals surface area contributed by atoms with Gasteiger partial charge in [0.15, 0.2) is 0 Å². The second-order valence-corrected chi connectivity index (χ2v) is 5.02. The zero-order valence-corrected chi connectivity index (χ0v) is 11.5. The fourth-order valence-electron chi connectivity index (χ4n) is 2.54. The fourth-order valence-corrected chi connectivity index (χ4v) is 2.54. The lowest BCUT2D eigenvalue weighted by Crippen LogP contribution is -2.05. The van der Waals surface area contributed by atoms with Crippen molar-refractivity contribution in [2.75, 3.05) is 5.73 Å². The van der Waals surface area contributed by atoms with Gasteiger partial charge in [-0.15, -0.1) is 0 Å². The molecule has 2 heteroatoms. The number of aromatic nitrogens is 1. The van der Waals surface area contributed by atoms with Crippen LogP contribution >= 0.6 is 0 Å². The van der Waals surface area contributed by atoms with Crippen molar-refractivity contribution in [1.82, 2.24) is 4.57 Å². The molecule has 2 N–H and O–H groups in total. The number of nitrogen functional groups attached to an aromatic ring is 1. The Labute approximate surface area is 109 Å². The van der Waals surface area contributed by atoms with E-state index in [9.17, 15) is 0 Å². The molecule has 0 radical (unpaired) electrons. The average molecular weight is 242 g/mol. The van der Waals surface area contributed by atoms with Crippen LogP contribution in [0.4, 0.5) is 5.69 Å². The van der Waals surface area contributed by atoms with E-state index in [4.69, 9.17) is 5.73 Å². The van der Waals surface area contributed by atoms with Crippen LogP contribution in [0.5, 0.6) is 0 Å². The van der Waals surface area contributed by atoms with E-state index in [0.717, 1.165) is 11.4 Å². The Morgan fingerprint density at radius 2 is 2.00 bits per heavy atom. The second kappa shape index (κ2) is 5.30. The van der Waals surface area contributed by atoms with Crippen LogP contribution in [0.3, 0.4) is 0 Å². The molecule has 0 amide bonds. The zero-order chi connectivity index (χ0) is 13.1. The standard InChI is InChI=1S/C16H22N2/c1-4-6-12(2)16-10-9-13(3)18(16)15-8-5-7-14(17)11-15/h5,7-12H,4,6,17H2,1-3H3. The van der Waals surface area contributed by atoms with E-state index in [-0.39, 0.29) is 0 Å². The van der Waals surface area contributed by atoms with Gasteiger partial charge >= 0.3 is 0 Å². The summed E-state index contributed by atoms with van der Waals surface area (Å²) in [6.45, 7) is 6.67. The summed E-state index contributed by atoms with van der Waals surface area (Å²) >= 11 is 0. The number of hydrogen-bond donors (Lipinski definition) is 1. The van der Waals surface area contributed by atoms with Gasteiger partial charge in [0.05, 0.1) is 0 Å². The SMILES string of the molecule is CCCC(C)c1ccc(C)n1-c1cccc(N)c1. The Kier molecular flexibility index (Phi) is 3.75. The predicted molar refractivity (Wildman–Crippen MR) is 78.2 cm³/mol. The molecule has 2 rings (SSSR count). The summed E-state index contributed by atoms with van der Waals surface area (Å²) in [6.07, 6.45) is 2.42. The van der Waals surface area contributed by atoms with Gasteiger partial charge < -0.3 is 10.3 Å². The minimum atomic E-state index is 0.574. The minimum Gasteiger partial charge on any atom is -0.399 e. The number of nitrogens with zero attached hydrogens (tertiary/aromatic N) is 1. The first-order valence-corrected chi connectivity index (χ1v) is 6.67. The van der Waals surface area contributed by atoms with Crippen molar-refractivity contribution >= 4 is 5.69 Å². The molecule has 18 heavy (non-hydrogen) atoms. The van der Waals surface area contributed by atoms with Gasteiger partial charge in [-0.05, 0) is 49.6 Å². The monoisotopic (exact) mass is 242 g/mol. The maximum Gasteiger partial charge on any atom is 0.0475 e. The number of anilines is 1. The van der Waals surface area contributed by atoms with Crippen molar-refractivity contribution in [1.29, 1.82) is 0 Å². The molecule has 1 heterocycles. The first-order valence-electron chi connectivity index (χ1n) is 6.67. The lowest BCUT2D eigenvalue weighted by Gasteiger charge is -2.17. The van der Waals surface area contributed by atoms with Gasteiger partial charge in [0.1, 0.15) is 0 Å². The third kappa shape index (κ3) is 2.42. The van der Waals surface area contributed by atoms with Gasteiger partial charge in [0, 0.05) is 22.8 Å². The molecule has 0 aliphatic carbocycles. The smallest absolute Gasteiger partial charge is 0.0475 e. The van der Waals surface area contributed by atoms with Gasteiger partial charge in [-0.25, -0.2) is 0 Å². The second-order valence-electron chi connectivity index (χ2n) is 5.02. The molecule has 0 saturated heterocycles. The van der Waals surface area contributed by atoms with Crippen LogP contribution in [0.25, 0.3) is 5.69 Å². The zero-order valence-electron chi connectivity index (χ0n) is 11.5. The molecule has 0 spiro atoms. The maximum atomic E-state index is 5.89. The van der Waals surface area contributed by atoms with Crippen LogP contribution in [-0.2, 0) is 0 Å². The van der Waals surface area contributed by atoms with Gasteiger partial charge in [0.2, 0.25) is 0 Å². The molecule has 1 aromatic carbocycles. The Morgan fingerprint density at radius 1 is 1.22 bits per heavy atom. The van der Waals surface area contributed by atoms with E-state index in [1.807, 2.05) is 18.2 Å². The van der Waals surface area contributed by atoms with Crippen LogP contribution in [0.15, 0.2) is 36.4 Å². The predicted octanol–water partition coefficient (Wildman–Crippen LogP) is 4.27. The van der Waals surface area contributed by atoms with Crippen molar-refractivity contribution in [3.8, 4) is 5.69 Å². The van der Waals surface area contributed by atoms with Gasteiger partial charge in [-0.3, -0.25) is 0 Å². The molecule has 0 fully saturated rings. The third-order valence-electron chi connectivity index (χ3n) is 3.46. The van der Waals surface area contributed by atoms with E-state index >= 15 is 0 Å². The molecule has 0 aliphatic heterocycles. The van der Waals surface area contributed by atoms with E-state index < -0.39 is 0 Å². The highest BCUT2D eigenvalue weighted by Crippen LogP contribution is 2.27. The van der Waals surface area contributed by atoms with E-state index in [0.29, 0.717) is 5.92 Å². The van der Waals surface area contributed by atoms with Crippen molar-refractivity contribution in [2.24, 2.45) is 0 Å². The summed E-state index contributed by atoms with van der Waals surface area (Å²) in [6, 6.07) is 12.5. The van der Waals surface area contributed by atoms with E-state index in [1.54, 1.807) is 0 Å². The Bertz CT molecular complexity index is 526. The van der Waals surface area contributed by atoms with Crippen LogP contribution < -0.4 is 5.73 Å². The molecule has 96 valence electrons. The first-order chi connectivity index (χ1) is 8.63. The number of benzene rings is 1. The minimum absolute atomic E-state index is 0.574. The Morgan fingerprint density at radius 3 is 2.67 bits per heavy atom. The summed E-state index contributed by atoms with van der Waals surface area (Å²) in [5.74, 6) is 0.574. The largest absolute Gasteiger partial charge is 0.399 e. The summed E-state index contributed by atoms with van der Waals surface area (Å²) < 4.78 is 2.32. The summed E-state index contributed by atoms with van der Waals surface area (Å²) in [5.41, 5.74) is 10.5. The Hall–Kier alpha value is -1.70. The normalized spacial score (nSPS) is 12.6. The highest BCUT2D eigenvalue weighted by molar-refractivity contribution is 5.49. The highest BCUT2D eigenvalue weighted by atomic mass is 15.0. The van der Waals surface area contributed by atoms with Crippen LogP contribution in [0.2, 0.25) is 0 Å². The quantitative estimate of drug-likeness (QED) is 0.797. The van der Waals surface area contributed by atoms with E-state index in [1.165, 1.54) is 24.2 Å². The topological polar surface area (TPSA) is 30.9 Å². The van der Waals surface area contributed by atoms with Crippen molar-refractivity contribution in [3.05, 3.63) is 47.8 Å². The lowest BCUT2D eigenvalue weighted by molar-refractivity contribution is 0.633. The van der Waals surface area contributed by atoms with Crippen LogP contribution in [-0.4, -0.2) is 4.57 Å². The number of nitrogens with two attached hydrogens (primary N) is 1. The number of rotatable bonds is 4. The first kappa shape index (κ1) is 12.7. The van der Waals surface area contributed by atoms with Crippen molar-refractivity contribution in [2.45, 2.75) is 39.5 Å². The molecule has 0 saturated carbocycles. The molecule has 0 bridgehead atoms. The van der Waals surface area contributed by atoms with Gasteiger partial charge in [0.25, 0.3) is 0 Å². The number of aryl methyl sites for hydroxylation is 1. The summed E-state index contributed by atoms with van der Waals surface area (Å²) in [7, 11) is 0. The van der Waals surface area contributed by atoms with Gasteiger partial charge in [-0.2, -0.15) is 0 Å². The maximum absolute atomic E-state index is 5.89. The molecule has 1 aromatic heterocycles. The number of hydrogen-bond acceptors (Lipinski definition) is 1. The fraction of sp³-hybridized carbons (Fsp3) is 0.375. The molecule has 2 aromatic rings. The highest BCUT2D eigenvalue weighted by Gasteiger charge is 2.13. The molecular weight excluding hydrogens is 220 g/mol. The van der Waals surface area contributed by atoms with Crippen molar-refractivity contribution in [3.63, 3.8) is 0 Å². The van der Waals surface area contributed by atoms with Crippen LogP contribution in [0.1, 0.15) is 44.0 Å². The Balaban J connectivity index is 2.47. The average Bonchev–Trinajstić information content (AvgIpc) is 2.71.